The standard InChI is InChI=1S/C16H19N3O4/c1-22-10-6-9-17-16(21)15-13(23-2)11-14(20)19(18-15)12-7-4-3-5-8-12/h3-5,7-8,11H,6,9-10H2,1-2H3,(H,17,21). The number of para-hydroxylation sites is 1. The van der Waals surface area contributed by atoms with Gasteiger partial charge in [0, 0.05) is 20.3 Å². The predicted molar refractivity (Wildman–Crippen MR) is 85.2 cm³/mol. The van der Waals surface area contributed by atoms with Crippen molar-refractivity contribution in [2.24, 2.45) is 0 Å². The number of rotatable bonds is 7. The Hall–Kier alpha value is -2.67. The van der Waals surface area contributed by atoms with Gasteiger partial charge in [0.15, 0.2) is 11.4 Å². The predicted octanol–water partition coefficient (Wildman–Crippen LogP) is 1.01. The number of amides is 1. The fraction of sp³-hybridized carbons (Fsp3) is 0.312. The normalized spacial score (nSPS) is 10.3. The van der Waals surface area contributed by atoms with E-state index in [9.17, 15) is 9.59 Å². The molecule has 2 aromatic rings. The summed E-state index contributed by atoms with van der Waals surface area (Å²) >= 11 is 0. The van der Waals surface area contributed by atoms with Crippen molar-refractivity contribution >= 4 is 5.91 Å². The number of hydrogen-bond donors (Lipinski definition) is 1. The van der Waals surface area contributed by atoms with Crippen LogP contribution in [0.5, 0.6) is 5.75 Å². The Morgan fingerprint density at radius 3 is 2.65 bits per heavy atom. The Morgan fingerprint density at radius 1 is 1.26 bits per heavy atom. The number of aromatic nitrogens is 2. The average molecular weight is 317 g/mol. The van der Waals surface area contributed by atoms with E-state index >= 15 is 0 Å². The second-order valence-corrected chi connectivity index (χ2v) is 4.75. The minimum Gasteiger partial charge on any atom is -0.494 e. The van der Waals surface area contributed by atoms with Crippen LogP contribution >= 0.6 is 0 Å². The summed E-state index contributed by atoms with van der Waals surface area (Å²) < 4.78 is 11.2. The highest BCUT2D eigenvalue weighted by atomic mass is 16.5. The molecule has 0 fully saturated rings. The van der Waals surface area contributed by atoms with E-state index in [2.05, 4.69) is 10.4 Å². The van der Waals surface area contributed by atoms with E-state index in [0.717, 1.165) is 0 Å². The molecule has 1 aromatic heterocycles. The lowest BCUT2D eigenvalue weighted by molar-refractivity contribution is 0.0938. The van der Waals surface area contributed by atoms with Gasteiger partial charge in [-0.3, -0.25) is 9.59 Å². The van der Waals surface area contributed by atoms with Crippen molar-refractivity contribution in [3.63, 3.8) is 0 Å². The first kappa shape index (κ1) is 16.7. The van der Waals surface area contributed by atoms with E-state index in [1.165, 1.54) is 17.9 Å². The zero-order valence-corrected chi connectivity index (χ0v) is 13.1. The molecular weight excluding hydrogens is 298 g/mol. The first-order valence-electron chi connectivity index (χ1n) is 7.18. The third kappa shape index (κ3) is 4.17. The van der Waals surface area contributed by atoms with Gasteiger partial charge in [-0.25, -0.2) is 0 Å². The van der Waals surface area contributed by atoms with E-state index in [1.54, 1.807) is 31.4 Å². The van der Waals surface area contributed by atoms with Gasteiger partial charge in [0.05, 0.1) is 18.9 Å². The van der Waals surface area contributed by atoms with Crippen molar-refractivity contribution in [3.8, 4) is 11.4 Å². The molecule has 0 aliphatic heterocycles. The van der Waals surface area contributed by atoms with Crippen molar-refractivity contribution in [1.29, 1.82) is 0 Å². The number of carbonyl (C=O) groups is 1. The molecule has 1 amide bonds. The molecule has 0 radical (unpaired) electrons. The van der Waals surface area contributed by atoms with Crippen LogP contribution in [0.4, 0.5) is 0 Å². The molecule has 122 valence electrons. The topological polar surface area (TPSA) is 82.5 Å². The Labute approximate surface area is 133 Å². The number of benzene rings is 1. The highest BCUT2D eigenvalue weighted by molar-refractivity contribution is 5.94. The second-order valence-electron chi connectivity index (χ2n) is 4.75. The minimum atomic E-state index is -0.400. The second kappa shape index (κ2) is 8.09. The highest BCUT2D eigenvalue weighted by Crippen LogP contribution is 2.14. The van der Waals surface area contributed by atoms with Gasteiger partial charge >= 0.3 is 0 Å². The summed E-state index contributed by atoms with van der Waals surface area (Å²) in [6, 6.07) is 10.1. The molecular formula is C16H19N3O4. The molecule has 1 N–H and O–H groups in total. The molecule has 0 aliphatic rings. The van der Waals surface area contributed by atoms with Crippen molar-refractivity contribution in [2.45, 2.75) is 6.42 Å². The number of methoxy groups -OCH3 is 2. The molecule has 23 heavy (non-hydrogen) atoms. The molecule has 1 aromatic carbocycles. The maximum atomic E-state index is 12.3. The third-order valence-electron chi connectivity index (χ3n) is 3.14. The molecule has 2 rings (SSSR count). The number of nitrogens with one attached hydrogen (secondary N) is 1. The van der Waals surface area contributed by atoms with Crippen molar-refractivity contribution < 1.29 is 14.3 Å². The van der Waals surface area contributed by atoms with Crippen LogP contribution in [0.15, 0.2) is 41.2 Å². The summed E-state index contributed by atoms with van der Waals surface area (Å²) in [6.07, 6.45) is 0.683. The van der Waals surface area contributed by atoms with Gasteiger partial charge in [0.25, 0.3) is 11.5 Å². The van der Waals surface area contributed by atoms with Crippen molar-refractivity contribution in [3.05, 3.63) is 52.4 Å². The van der Waals surface area contributed by atoms with Gasteiger partial charge in [0.1, 0.15) is 0 Å². The maximum Gasteiger partial charge on any atom is 0.275 e. The smallest absolute Gasteiger partial charge is 0.275 e. The number of hydrogen-bond acceptors (Lipinski definition) is 5. The van der Waals surface area contributed by atoms with Crippen LogP contribution in [0.3, 0.4) is 0 Å². The first-order valence-corrected chi connectivity index (χ1v) is 7.18. The van der Waals surface area contributed by atoms with E-state index in [1.807, 2.05) is 6.07 Å². The summed E-state index contributed by atoms with van der Waals surface area (Å²) in [6.45, 7) is 0.996. The zero-order chi connectivity index (χ0) is 16.7. The molecule has 0 saturated heterocycles. The quantitative estimate of drug-likeness (QED) is 0.771. The van der Waals surface area contributed by atoms with Crippen LogP contribution in [-0.2, 0) is 4.74 Å². The Balaban J connectivity index is 2.31. The van der Waals surface area contributed by atoms with Crippen LogP contribution in [0, 0.1) is 0 Å². The Bertz CT molecular complexity index is 713. The molecule has 0 bridgehead atoms. The Morgan fingerprint density at radius 2 is 2.00 bits per heavy atom. The van der Waals surface area contributed by atoms with Crippen molar-refractivity contribution in [1.82, 2.24) is 15.1 Å². The fourth-order valence-electron chi connectivity index (χ4n) is 2.01. The van der Waals surface area contributed by atoms with E-state index in [4.69, 9.17) is 9.47 Å². The maximum absolute atomic E-state index is 12.3. The number of carbonyl (C=O) groups excluding carboxylic acids is 1. The van der Waals surface area contributed by atoms with Crippen LogP contribution in [0.25, 0.3) is 5.69 Å². The number of ether oxygens (including phenoxy) is 2. The van der Waals surface area contributed by atoms with Crippen LogP contribution in [0.2, 0.25) is 0 Å². The van der Waals surface area contributed by atoms with Crippen LogP contribution in [-0.4, -0.2) is 43.1 Å². The molecule has 0 aliphatic carbocycles. The lowest BCUT2D eigenvalue weighted by Crippen LogP contribution is -2.30. The van der Waals surface area contributed by atoms with Gasteiger partial charge in [0.2, 0.25) is 0 Å². The largest absolute Gasteiger partial charge is 0.494 e. The summed E-state index contributed by atoms with van der Waals surface area (Å²) in [4.78, 5) is 24.4. The third-order valence-corrected chi connectivity index (χ3v) is 3.14. The molecule has 0 spiro atoms. The lowest BCUT2D eigenvalue weighted by Gasteiger charge is -2.11. The summed E-state index contributed by atoms with van der Waals surface area (Å²) in [5.74, 6) is -0.256. The van der Waals surface area contributed by atoms with Gasteiger partial charge in [-0.1, -0.05) is 18.2 Å². The number of nitrogens with zero attached hydrogens (tertiary/aromatic N) is 2. The van der Waals surface area contributed by atoms with Gasteiger partial charge in [-0.2, -0.15) is 9.78 Å². The van der Waals surface area contributed by atoms with Crippen LogP contribution < -0.4 is 15.6 Å². The van der Waals surface area contributed by atoms with Gasteiger partial charge < -0.3 is 14.8 Å². The van der Waals surface area contributed by atoms with E-state index in [-0.39, 0.29) is 17.0 Å². The highest BCUT2D eigenvalue weighted by Gasteiger charge is 2.17. The monoisotopic (exact) mass is 317 g/mol. The van der Waals surface area contributed by atoms with E-state index < -0.39 is 5.91 Å². The first-order chi connectivity index (χ1) is 11.2. The SMILES string of the molecule is COCCCNC(=O)c1nn(-c2ccccc2)c(=O)cc1OC. The van der Waals surface area contributed by atoms with E-state index in [0.29, 0.717) is 25.3 Å². The van der Waals surface area contributed by atoms with Crippen LogP contribution in [0.1, 0.15) is 16.9 Å². The summed E-state index contributed by atoms with van der Waals surface area (Å²) in [7, 11) is 2.99. The molecule has 1 heterocycles. The molecule has 7 heteroatoms. The molecule has 0 atom stereocenters. The summed E-state index contributed by atoms with van der Waals surface area (Å²) in [5.41, 5.74) is 0.269. The molecule has 7 nitrogen and oxygen atoms in total. The zero-order valence-electron chi connectivity index (χ0n) is 13.1. The van der Waals surface area contributed by atoms with Crippen molar-refractivity contribution in [2.75, 3.05) is 27.4 Å². The molecule has 0 unspecified atom stereocenters. The minimum absolute atomic E-state index is 0.0633. The fourth-order valence-corrected chi connectivity index (χ4v) is 2.01. The van der Waals surface area contributed by atoms with Gasteiger partial charge in [-0.15, -0.1) is 0 Å². The summed E-state index contributed by atoms with van der Waals surface area (Å²) in [5, 5.41) is 6.88. The Kier molecular flexibility index (Phi) is 5.87. The lowest BCUT2D eigenvalue weighted by atomic mass is 10.3. The van der Waals surface area contributed by atoms with Gasteiger partial charge in [-0.05, 0) is 18.6 Å². The molecule has 0 saturated carbocycles. The average Bonchev–Trinajstić information content (AvgIpc) is 2.59.